The number of carbonyl (C=O) groups excluding carboxylic acids is 1. The second kappa shape index (κ2) is 7.87. The summed E-state index contributed by atoms with van der Waals surface area (Å²) in [6.45, 7) is 7.40. The fourth-order valence-electron chi connectivity index (χ4n) is 3.60. The van der Waals surface area contributed by atoms with E-state index in [0.29, 0.717) is 26.1 Å². The summed E-state index contributed by atoms with van der Waals surface area (Å²) >= 11 is 0. The van der Waals surface area contributed by atoms with Crippen LogP contribution in [0.2, 0.25) is 0 Å². The number of benzene rings is 1. The number of rotatable bonds is 4. The first kappa shape index (κ1) is 20.3. The molecule has 0 bridgehead atoms. The lowest BCUT2D eigenvalue weighted by Crippen LogP contribution is -2.56. The Hall–Kier alpha value is -1.48. The molecule has 1 aromatic rings. The molecule has 8 heteroatoms. The summed E-state index contributed by atoms with van der Waals surface area (Å²) in [5, 5.41) is 2.90. The van der Waals surface area contributed by atoms with Gasteiger partial charge in [-0.2, -0.15) is 17.0 Å². The summed E-state index contributed by atoms with van der Waals surface area (Å²) in [5.41, 5.74) is 1.89. The van der Waals surface area contributed by atoms with E-state index in [9.17, 15) is 13.2 Å². The average molecular weight is 396 g/mol. The minimum Gasteiger partial charge on any atom is -0.378 e. The van der Waals surface area contributed by atoms with Crippen LogP contribution in [0.25, 0.3) is 0 Å². The van der Waals surface area contributed by atoms with Crippen molar-refractivity contribution in [3.05, 3.63) is 35.4 Å². The van der Waals surface area contributed by atoms with Crippen molar-refractivity contribution < 1.29 is 17.9 Å². The monoisotopic (exact) mass is 395 g/mol. The van der Waals surface area contributed by atoms with Crippen molar-refractivity contribution in [2.75, 3.05) is 26.3 Å². The molecule has 2 aliphatic rings. The Morgan fingerprint density at radius 2 is 1.93 bits per heavy atom. The number of amides is 1. The maximum Gasteiger partial charge on any atom is 0.282 e. The van der Waals surface area contributed by atoms with E-state index in [-0.39, 0.29) is 31.0 Å². The van der Waals surface area contributed by atoms with Gasteiger partial charge in [0.2, 0.25) is 5.91 Å². The van der Waals surface area contributed by atoms with Gasteiger partial charge in [-0.15, -0.1) is 0 Å². The predicted octanol–water partition coefficient (Wildman–Crippen LogP) is 1.30. The van der Waals surface area contributed by atoms with Crippen LogP contribution in [0.3, 0.4) is 0 Å². The first-order chi connectivity index (χ1) is 12.7. The summed E-state index contributed by atoms with van der Waals surface area (Å²) in [4.78, 5) is 12.3. The molecule has 1 N–H and O–H groups in total. The normalized spacial score (nSPS) is 22.3. The second-order valence-corrected chi connectivity index (χ2v) is 10.1. The molecule has 1 amide bonds. The van der Waals surface area contributed by atoms with Crippen molar-refractivity contribution in [3.8, 4) is 0 Å². The number of nitrogens with zero attached hydrogens (tertiary/aromatic N) is 2. The largest absolute Gasteiger partial charge is 0.378 e. The highest BCUT2D eigenvalue weighted by Crippen LogP contribution is 2.25. The Bertz CT molecular complexity index is 788. The molecule has 1 fully saturated rings. The van der Waals surface area contributed by atoms with Crippen LogP contribution >= 0.6 is 0 Å². The molecule has 0 saturated carbocycles. The van der Waals surface area contributed by atoms with Crippen molar-refractivity contribution in [1.29, 1.82) is 0 Å². The zero-order valence-corrected chi connectivity index (χ0v) is 17.1. The summed E-state index contributed by atoms with van der Waals surface area (Å²) in [7, 11) is -3.66. The number of carbonyl (C=O) groups is 1. The van der Waals surface area contributed by atoms with Crippen LogP contribution in [0.1, 0.15) is 38.3 Å². The number of morpholine rings is 1. The highest BCUT2D eigenvalue weighted by molar-refractivity contribution is 7.86. The SMILES string of the molecule is CC(C)(C)NC(=O)CC1COCCN1S(=O)(=O)N1CCc2ccccc2C1. The second-order valence-electron chi connectivity index (χ2n) is 8.20. The van der Waals surface area contributed by atoms with Gasteiger partial charge in [-0.25, -0.2) is 0 Å². The molecule has 150 valence electrons. The number of nitrogens with one attached hydrogen (secondary N) is 1. The molecule has 7 nitrogen and oxygen atoms in total. The maximum atomic E-state index is 13.3. The number of ether oxygens (including phenoxy) is 1. The van der Waals surface area contributed by atoms with E-state index in [4.69, 9.17) is 4.74 Å². The molecule has 0 aromatic heterocycles. The number of hydrogen-bond donors (Lipinski definition) is 1. The zero-order valence-electron chi connectivity index (χ0n) is 16.3. The lowest BCUT2D eigenvalue weighted by Gasteiger charge is -2.39. The molecule has 1 unspecified atom stereocenters. The zero-order chi connectivity index (χ0) is 19.7. The van der Waals surface area contributed by atoms with E-state index in [0.717, 1.165) is 5.56 Å². The minimum atomic E-state index is -3.66. The van der Waals surface area contributed by atoms with E-state index >= 15 is 0 Å². The van der Waals surface area contributed by atoms with Crippen molar-refractivity contribution >= 4 is 16.1 Å². The molecule has 0 radical (unpaired) electrons. The molecule has 1 saturated heterocycles. The Labute approximate surface area is 161 Å². The van der Waals surface area contributed by atoms with Gasteiger partial charge < -0.3 is 10.1 Å². The highest BCUT2D eigenvalue weighted by atomic mass is 32.2. The molecule has 0 aliphatic carbocycles. The van der Waals surface area contributed by atoms with Gasteiger partial charge in [-0.05, 0) is 38.3 Å². The average Bonchev–Trinajstić information content (AvgIpc) is 2.60. The standard InChI is InChI=1S/C19H29N3O4S/c1-19(2,3)20-18(23)12-17-14-26-11-10-22(17)27(24,25)21-9-8-15-6-4-5-7-16(15)13-21/h4-7,17H,8-14H2,1-3H3,(H,20,23). The Morgan fingerprint density at radius 3 is 2.63 bits per heavy atom. The number of hydrogen-bond acceptors (Lipinski definition) is 4. The Morgan fingerprint density at radius 1 is 1.22 bits per heavy atom. The third-order valence-corrected chi connectivity index (χ3v) is 6.86. The first-order valence-electron chi connectivity index (χ1n) is 9.39. The summed E-state index contributed by atoms with van der Waals surface area (Å²) < 4.78 is 35.0. The van der Waals surface area contributed by atoms with Gasteiger partial charge >= 0.3 is 0 Å². The molecule has 2 heterocycles. The molecule has 1 atom stereocenters. The Kier molecular flexibility index (Phi) is 5.90. The molecule has 0 spiro atoms. The third-order valence-electron chi connectivity index (χ3n) is 4.83. The summed E-state index contributed by atoms with van der Waals surface area (Å²) in [6.07, 6.45) is 0.801. The lowest BCUT2D eigenvalue weighted by atomic mass is 10.0. The van der Waals surface area contributed by atoms with Gasteiger partial charge in [-0.1, -0.05) is 24.3 Å². The summed E-state index contributed by atoms with van der Waals surface area (Å²) in [5.74, 6) is -0.165. The molecular formula is C19H29N3O4S. The maximum absolute atomic E-state index is 13.3. The molecule has 3 rings (SSSR count). The minimum absolute atomic E-state index is 0.0981. The van der Waals surface area contributed by atoms with Crippen molar-refractivity contribution in [2.24, 2.45) is 0 Å². The van der Waals surface area contributed by atoms with Crippen molar-refractivity contribution in [3.63, 3.8) is 0 Å². The van der Waals surface area contributed by atoms with Gasteiger partial charge in [0.1, 0.15) is 0 Å². The van der Waals surface area contributed by atoms with Crippen LogP contribution in [0.5, 0.6) is 0 Å². The van der Waals surface area contributed by atoms with Gasteiger partial charge in [-0.3, -0.25) is 4.79 Å². The van der Waals surface area contributed by atoms with Gasteiger partial charge in [0.05, 0.1) is 19.3 Å². The van der Waals surface area contributed by atoms with Crippen molar-refractivity contribution in [2.45, 2.75) is 51.7 Å². The van der Waals surface area contributed by atoms with Crippen LogP contribution in [0.15, 0.2) is 24.3 Å². The topological polar surface area (TPSA) is 79.0 Å². The van der Waals surface area contributed by atoms with Crippen LogP contribution in [-0.4, -0.2) is 60.8 Å². The third kappa shape index (κ3) is 4.87. The van der Waals surface area contributed by atoms with Gasteiger partial charge in [0, 0.05) is 31.6 Å². The van der Waals surface area contributed by atoms with Gasteiger partial charge in [0.25, 0.3) is 10.2 Å². The molecule has 1 aromatic carbocycles. The van der Waals surface area contributed by atoms with Crippen molar-refractivity contribution in [1.82, 2.24) is 13.9 Å². The summed E-state index contributed by atoms with van der Waals surface area (Å²) in [6, 6.07) is 7.46. The molecular weight excluding hydrogens is 366 g/mol. The van der Waals surface area contributed by atoms with Crippen LogP contribution in [-0.2, 0) is 32.7 Å². The quantitative estimate of drug-likeness (QED) is 0.833. The fourth-order valence-corrected chi connectivity index (χ4v) is 5.34. The highest BCUT2D eigenvalue weighted by Gasteiger charge is 2.39. The molecule has 2 aliphatic heterocycles. The van der Waals surface area contributed by atoms with E-state index in [1.54, 1.807) is 0 Å². The van der Waals surface area contributed by atoms with Crippen LogP contribution in [0.4, 0.5) is 0 Å². The van der Waals surface area contributed by atoms with E-state index in [2.05, 4.69) is 5.32 Å². The van der Waals surface area contributed by atoms with Gasteiger partial charge in [0.15, 0.2) is 0 Å². The van der Waals surface area contributed by atoms with Crippen LogP contribution < -0.4 is 5.32 Å². The van der Waals surface area contributed by atoms with E-state index in [1.807, 2.05) is 45.0 Å². The van der Waals surface area contributed by atoms with Crippen LogP contribution in [0, 0.1) is 0 Å². The first-order valence-corrected chi connectivity index (χ1v) is 10.8. The smallest absolute Gasteiger partial charge is 0.282 e. The lowest BCUT2D eigenvalue weighted by molar-refractivity contribution is -0.124. The van der Waals surface area contributed by atoms with E-state index in [1.165, 1.54) is 14.2 Å². The molecule has 27 heavy (non-hydrogen) atoms. The van der Waals surface area contributed by atoms with E-state index < -0.39 is 16.3 Å². The number of fused-ring (bicyclic) bond motifs is 1. The fraction of sp³-hybridized carbons (Fsp3) is 0.632. The predicted molar refractivity (Wildman–Crippen MR) is 103 cm³/mol. The Balaban J connectivity index is 1.74.